The minimum absolute atomic E-state index is 0.207. The third-order valence-corrected chi connectivity index (χ3v) is 5.27. The zero-order valence-corrected chi connectivity index (χ0v) is 16.5. The van der Waals surface area contributed by atoms with Gasteiger partial charge < -0.3 is 5.32 Å². The number of thioether (sulfide) groups is 1. The quantitative estimate of drug-likeness (QED) is 0.522. The van der Waals surface area contributed by atoms with Crippen LogP contribution in [0, 0.1) is 6.92 Å². The maximum Gasteiger partial charge on any atom is 0.321 e. The number of para-hydroxylation sites is 2. The molecule has 0 radical (unpaired) electrons. The number of benzene rings is 2. The Balaban J connectivity index is 2.12. The summed E-state index contributed by atoms with van der Waals surface area (Å²) in [5.41, 5.74) is 1.96. The lowest BCUT2D eigenvalue weighted by molar-refractivity contribution is -0.119. The Bertz CT molecular complexity index is 1110. The first-order valence-corrected chi connectivity index (χ1v) is 9.57. The van der Waals surface area contributed by atoms with Crippen LogP contribution in [0.3, 0.4) is 0 Å². The van der Waals surface area contributed by atoms with Crippen LogP contribution in [0.15, 0.2) is 58.5 Å². The van der Waals surface area contributed by atoms with E-state index in [-0.39, 0.29) is 5.56 Å². The lowest BCUT2D eigenvalue weighted by Gasteiger charge is -2.17. The fourth-order valence-corrected chi connectivity index (χ4v) is 3.63. The average Bonchev–Trinajstić information content (AvgIpc) is 2.69. The first kappa shape index (κ1) is 19.6. The van der Waals surface area contributed by atoms with E-state index in [1.165, 1.54) is 11.6 Å². The highest BCUT2D eigenvalue weighted by Crippen LogP contribution is 2.26. The number of nitrogens with one attached hydrogen (secondary N) is 2. The Morgan fingerprint density at radius 3 is 2.50 bits per heavy atom. The molecule has 3 amide bonds. The smallest absolute Gasteiger partial charge is 0.321 e. The summed E-state index contributed by atoms with van der Waals surface area (Å²) in [4.78, 5) is 41.5. The second-order valence-electron chi connectivity index (χ2n) is 6.17. The third-order valence-electron chi connectivity index (χ3n) is 4.22. The molecule has 0 aliphatic rings. The van der Waals surface area contributed by atoms with Gasteiger partial charge >= 0.3 is 6.03 Å². The average molecular weight is 396 g/mol. The van der Waals surface area contributed by atoms with Crippen molar-refractivity contribution in [2.75, 3.05) is 7.05 Å². The van der Waals surface area contributed by atoms with Crippen LogP contribution in [0.2, 0.25) is 0 Å². The highest BCUT2D eigenvalue weighted by molar-refractivity contribution is 8.00. The molecule has 0 saturated carbocycles. The highest BCUT2D eigenvalue weighted by Gasteiger charge is 2.21. The fourth-order valence-electron chi connectivity index (χ4n) is 2.71. The first-order valence-electron chi connectivity index (χ1n) is 8.69. The van der Waals surface area contributed by atoms with Crippen molar-refractivity contribution in [3.05, 3.63) is 64.4 Å². The van der Waals surface area contributed by atoms with Crippen LogP contribution < -0.4 is 16.2 Å². The molecule has 3 rings (SSSR count). The van der Waals surface area contributed by atoms with Gasteiger partial charge in [-0.3, -0.25) is 19.5 Å². The molecule has 1 atom stereocenters. The van der Waals surface area contributed by atoms with Gasteiger partial charge in [-0.25, -0.2) is 9.78 Å². The molecule has 0 fully saturated rings. The van der Waals surface area contributed by atoms with E-state index in [9.17, 15) is 14.4 Å². The number of nitrogens with zero attached hydrogens (tertiary/aromatic N) is 2. The monoisotopic (exact) mass is 396 g/mol. The molecule has 2 N–H and O–H groups in total. The summed E-state index contributed by atoms with van der Waals surface area (Å²) in [7, 11) is 1.43. The Hall–Kier alpha value is -3.13. The van der Waals surface area contributed by atoms with Crippen molar-refractivity contribution in [2.24, 2.45) is 0 Å². The summed E-state index contributed by atoms with van der Waals surface area (Å²) in [5.74, 6) is -0.469. The van der Waals surface area contributed by atoms with Crippen molar-refractivity contribution >= 4 is 34.6 Å². The van der Waals surface area contributed by atoms with Gasteiger partial charge in [0.15, 0.2) is 5.16 Å². The largest absolute Gasteiger partial charge is 0.341 e. The molecule has 2 aromatic carbocycles. The number of fused-ring (bicyclic) bond motifs is 1. The highest BCUT2D eigenvalue weighted by atomic mass is 32.2. The first-order chi connectivity index (χ1) is 13.4. The van der Waals surface area contributed by atoms with Gasteiger partial charge in [0, 0.05) is 7.05 Å². The van der Waals surface area contributed by atoms with E-state index >= 15 is 0 Å². The lowest BCUT2D eigenvalue weighted by Crippen LogP contribution is -2.41. The van der Waals surface area contributed by atoms with E-state index in [1.807, 2.05) is 37.3 Å². The minimum Gasteiger partial charge on any atom is -0.341 e. The summed E-state index contributed by atoms with van der Waals surface area (Å²) in [5, 5.41) is 4.83. The van der Waals surface area contributed by atoms with Gasteiger partial charge in [-0.1, -0.05) is 42.1 Å². The Morgan fingerprint density at radius 2 is 1.79 bits per heavy atom. The molecule has 28 heavy (non-hydrogen) atoms. The van der Waals surface area contributed by atoms with Crippen LogP contribution in [-0.4, -0.2) is 33.8 Å². The predicted octanol–water partition coefficient (Wildman–Crippen LogP) is 2.63. The normalized spacial score (nSPS) is 11.8. The number of urea groups is 1. The molecule has 1 heterocycles. The molecule has 0 saturated heterocycles. The second-order valence-corrected chi connectivity index (χ2v) is 7.47. The number of aromatic nitrogens is 2. The van der Waals surface area contributed by atoms with Crippen LogP contribution in [0.1, 0.15) is 12.5 Å². The van der Waals surface area contributed by atoms with Gasteiger partial charge in [-0.2, -0.15) is 0 Å². The van der Waals surface area contributed by atoms with Crippen LogP contribution in [0.25, 0.3) is 16.6 Å². The second kappa shape index (κ2) is 8.26. The van der Waals surface area contributed by atoms with Crippen molar-refractivity contribution in [3.63, 3.8) is 0 Å². The molecule has 1 aromatic heterocycles. The molecule has 144 valence electrons. The fraction of sp³-hybridized carbons (Fsp3) is 0.200. The van der Waals surface area contributed by atoms with E-state index in [4.69, 9.17) is 0 Å². The van der Waals surface area contributed by atoms with Gasteiger partial charge in [0.1, 0.15) is 0 Å². The molecular formula is C20H20N4O3S. The number of hydrogen-bond donors (Lipinski definition) is 2. The van der Waals surface area contributed by atoms with Crippen LogP contribution >= 0.6 is 11.8 Å². The summed E-state index contributed by atoms with van der Waals surface area (Å²) >= 11 is 1.12. The molecule has 3 aromatic rings. The van der Waals surface area contributed by atoms with Crippen molar-refractivity contribution in [3.8, 4) is 5.69 Å². The number of aryl methyl sites for hydroxylation is 1. The van der Waals surface area contributed by atoms with Crippen molar-refractivity contribution < 1.29 is 9.59 Å². The standard InChI is InChI=1S/C20H20N4O3S/c1-12-8-4-7-11-16(12)24-18(26)14-9-5-6-10-15(14)22-20(24)28-13(2)17(25)23-19(27)21-3/h4-11,13H,1-3H3,(H2,21,23,25,27). The van der Waals surface area contributed by atoms with Crippen molar-refractivity contribution in [2.45, 2.75) is 24.3 Å². The SMILES string of the molecule is CNC(=O)NC(=O)C(C)Sc1nc2ccccc2c(=O)n1-c1ccccc1C. The number of imide groups is 1. The topological polar surface area (TPSA) is 93.1 Å². The summed E-state index contributed by atoms with van der Waals surface area (Å²) in [6.07, 6.45) is 0. The molecular weight excluding hydrogens is 376 g/mol. The number of rotatable bonds is 4. The maximum atomic E-state index is 13.2. The van der Waals surface area contributed by atoms with Crippen molar-refractivity contribution in [1.82, 2.24) is 20.2 Å². The Labute approximate surface area is 166 Å². The van der Waals surface area contributed by atoms with Gasteiger partial charge in [0.25, 0.3) is 5.56 Å². The van der Waals surface area contributed by atoms with E-state index in [2.05, 4.69) is 15.6 Å². The van der Waals surface area contributed by atoms with Crippen LogP contribution in [0.4, 0.5) is 4.79 Å². The van der Waals surface area contributed by atoms with Crippen LogP contribution in [0.5, 0.6) is 0 Å². The van der Waals surface area contributed by atoms with E-state index < -0.39 is 17.2 Å². The molecule has 1 unspecified atom stereocenters. The van der Waals surface area contributed by atoms with Gasteiger partial charge in [0.05, 0.1) is 21.8 Å². The van der Waals surface area contributed by atoms with Gasteiger partial charge in [-0.15, -0.1) is 0 Å². The van der Waals surface area contributed by atoms with E-state index in [1.54, 1.807) is 25.1 Å². The van der Waals surface area contributed by atoms with Crippen LogP contribution in [-0.2, 0) is 4.79 Å². The molecule has 0 bridgehead atoms. The molecule has 0 spiro atoms. The minimum atomic E-state index is -0.638. The summed E-state index contributed by atoms with van der Waals surface area (Å²) in [6, 6.07) is 14.0. The Kier molecular flexibility index (Phi) is 5.79. The molecule has 0 aliphatic carbocycles. The molecule has 8 heteroatoms. The number of amides is 3. The number of hydrogen-bond acceptors (Lipinski definition) is 5. The number of carbonyl (C=O) groups excluding carboxylic acids is 2. The zero-order chi connectivity index (χ0) is 20.3. The maximum absolute atomic E-state index is 13.2. The zero-order valence-electron chi connectivity index (χ0n) is 15.7. The number of carbonyl (C=O) groups is 2. The Morgan fingerprint density at radius 1 is 1.11 bits per heavy atom. The van der Waals surface area contributed by atoms with Gasteiger partial charge in [0.2, 0.25) is 5.91 Å². The lowest BCUT2D eigenvalue weighted by atomic mass is 10.2. The van der Waals surface area contributed by atoms with Gasteiger partial charge in [-0.05, 0) is 37.6 Å². The molecule has 7 nitrogen and oxygen atoms in total. The summed E-state index contributed by atoms with van der Waals surface area (Å²) < 4.78 is 1.52. The van der Waals surface area contributed by atoms with Crippen molar-refractivity contribution in [1.29, 1.82) is 0 Å². The summed E-state index contributed by atoms with van der Waals surface area (Å²) in [6.45, 7) is 3.57. The molecule has 0 aliphatic heterocycles. The third kappa shape index (κ3) is 3.91. The van der Waals surface area contributed by atoms with E-state index in [0.717, 1.165) is 17.3 Å². The predicted molar refractivity (Wildman–Crippen MR) is 110 cm³/mol. The van der Waals surface area contributed by atoms with E-state index in [0.29, 0.717) is 21.7 Å².